The second-order valence-electron chi connectivity index (χ2n) is 2.38. The number of aromatic amines is 1. The number of H-pyrrole nitrogens is 1. The molecule has 0 saturated heterocycles. The third kappa shape index (κ3) is 2.28. The fourth-order valence-electron chi connectivity index (χ4n) is 0.752. The second-order valence-corrected chi connectivity index (χ2v) is 3.17. The molecular formula is C7H10BrN3O2. The van der Waals surface area contributed by atoms with Crippen molar-refractivity contribution < 1.29 is 9.63 Å². The molecule has 72 valence electrons. The first-order valence-corrected chi connectivity index (χ1v) is 4.58. The molecule has 0 aliphatic rings. The standard InChI is InChI=1S/C7H10BrN3O2/c1-3-13-11-7(12)6-5(8)4(2)9-10-6/h3H2,1-2H3,(H,9,10)(H,11,12). The molecular weight excluding hydrogens is 238 g/mol. The van der Waals surface area contributed by atoms with Crippen molar-refractivity contribution in [1.82, 2.24) is 15.7 Å². The van der Waals surface area contributed by atoms with Gasteiger partial charge in [0.15, 0.2) is 5.69 Å². The van der Waals surface area contributed by atoms with Gasteiger partial charge in [0.2, 0.25) is 0 Å². The highest BCUT2D eigenvalue weighted by Gasteiger charge is 2.14. The highest BCUT2D eigenvalue weighted by atomic mass is 79.9. The van der Waals surface area contributed by atoms with Crippen molar-refractivity contribution >= 4 is 21.8 Å². The number of nitrogens with zero attached hydrogens (tertiary/aromatic N) is 1. The van der Waals surface area contributed by atoms with E-state index in [9.17, 15) is 4.79 Å². The molecule has 6 heteroatoms. The van der Waals surface area contributed by atoms with Gasteiger partial charge in [-0.1, -0.05) is 0 Å². The Labute approximate surface area is 83.9 Å². The summed E-state index contributed by atoms with van der Waals surface area (Å²) < 4.78 is 0.657. The maximum Gasteiger partial charge on any atom is 0.296 e. The summed E-state index contributed by atoms with van der Waals surface area (Å²) in [5.41, 5.74) is 3.36. The van der Waals surface area contributed by atoms with Crippen molar-refractivity contribution in [3.05, 3.63) is 15.9 Å². The van der Waals surface area contributed by atoms with Gasteiger partial charge in [0.1, 0.15) is 0 Å². The molecule has 13 heavy (non-hydrogen) atoms. The summed E-state index contributed by atoms with van der Waals surface area (Å²) in [5.74, 6) is -0.363. The van der Waals surface area contributed by atoms with E-state index in [0.717, 1.165) is 5.69 Å². The van der Waals surface area contributed by atoms with Crippen LogP contribution in [0.1, 0.15) is 23.1 Å². The van der Waals surface area contributed by atoms with Crippen LogP contribution in [0.2, 0.25) is 0 Å². The first-order chi connectivity index (χ1) is 6.16. The molecule has 0 aliphatic heterocycles. The van der Waals surface area contributed by atoms with Crippen LogP contribution < -0.4 is 5.48 Å². The van der Waals surface area contributed by atoms with Crippen LogP contribution in [0.15, 0.2) is 4.47 Å². The summed E-state index contributed by atoms with van der Waals surface area (Å²) in [6.07, 6.45) is 0. The number of hydroxylamine groups is 1. The van der Waals surface area contributed by atoms with Gasteiger partial charge in [-0.2, -0.15) is 5.10 Å². The van der Waals surface area contributed by atoms with Gasteiger partial charge in [-0.3, -0.25) is 14.7 Å². The molecule has 1 heterocycles. The molecule has 0 atom stereocenters. The third-order valence-electron chi connectivity index (χ3n) is 1.40. The Morgan fingerprint density at radius 1 is 1.77 bits per heavy atom. The molecule has 1 aromatic rings. The topological polar surface area (TPSA) is 67.0 Å². The number of rotatable bonds is 3. The lowest BCUT2D eigenvalue weighted by Gasteiger charge is -2.00. The first kappa shape index (κ1) is 10.2. The van der Waals surface area contributed by atoms with Crippen LogP contribution in [0.25, 0.3) is 0 Å². The molecule has 0 fully saturated rings. The van der Waals surface area contributed by atoms with Crippen molar-refractivity contribution in [3.63, 3.8) is 0 Å². The SMILES string of the molecule is CCONC(=O)c1n[nH]c(C)c1Br. The Hall–Kier alpha value is -0.880. The number of nitrogens with one attached hydrogen (secondary N) is 2. The van der Waals surface area contributed by atoms with Gasteiger partial charge < -0.3 is 0 Å². The molecule has 0 aliphatic carbocycles. The van der Waals surface area contributed by atoms with E-state index in [2.05, 4.69) is 31.6 Å². The van der Waals surface area contributed by atoms with E-state index in [1.165, 1.54) is 0 Å². The van der Waals surface area contributed by atoms with Crippen LogP contribution >= 0.6 is 15.9 Å². The van der Waals surface area contributed by atoms with Crippen molar-refractivity contribution in [1.29, 1.82) is 0 Å². The minimum Gasteiger partial charge on any atom is -0.281 e. The van der Waals surface area contributed by atoms with Gasteiger partial charge in [0.25, 0.3) is 5.91 Å². The summed E-state index contributed by atoms with van der Waals surface area (Å²) >= 11 is 3.23. The zero-order valence-corrected chi connectivity index (χ0v) is 8.93. The lowest BCUT2D eigenvalue weighted by molar-refractivity contribution is 0.0359. The number of aryl methyl sites for hydroxylation is 1. The molecule has 0 bridgehead atoms. The molecule has 0 aromatic carbocycles. The zero-order chi connectivity index (χ0) is 9.84. The second kappa shape index (κ2) is 4.38. The van der Waals surface area contributed by atoms with E-state index in [1.54, 1.807) is 6.92 Å². The van der Waals surface area contributed by atoms with Gasteiger partial charge in [0.05, 0.1) is 11.1 Å². The Kier molecular flexibility index (Phi) is 3.44. The van der Waals surface area contributed by atoms with Crippen LogP contribution in [-0.4, -0.2) is 22.7 Å². The van der Waals surface area contributed by atoms with Crippen LogP contribution in [0.3, 0.4) is 0 Å². The van der Waals surface area contributed by atoms with E-state index in [4.69, 9.17) is 4.84 Å². The van der Waals surface area contributed by atoms with Crippen LogP contribution in [0, 0.1) is 6.92 Å². The maximum absolute atomic E-state index is 11.3. The average Bonchev–Trinajstić information content (AvgIpc) is 2.44. The zero-order valence-electron chi connectivity index (χ0n) is 7.35. The molecule has 1 rings (SSSR count). The Morgan fingerprint density at radius 2 is 2.46 bits per heavy atom. The summed E-state index contributed by atoms with van der Waals surface area (Å²) in [6.45, 7) is 4.02. The van der Waals surface area contributed by atoms with Crippen molar-refractivity contribution in [3.8, 4) is 0 Å². The van der Waals surface area contributed by atoms with E-state index >= 15 is 0 Å². The smallest absolute Gasteiger partial charge is 0.281 e. The number of amides is 1. The third-order valence-corrected chi connectivity index (χ3v) is 2.37. The lowest BCUT2D eigenvalue weighted by Crippen LogP contribution is -2.24. The summed E-state index contributed by atoms with van der Waals surface area (Å²) in [5, 5.41) is 6.49. The van der Waals surface area contributed by atoms with E-state index in [1.807, 2.05) is 6.92 Å². The molecule has 0 saturated carbocycles. The summed E-state index contributed by atoms with van der Waals surface area (Å²) in [6, 6.07) is 0. The van der Waals surface area contributed by atoms with Crippen LogP contribution in [0.5, 0.6) is 0 Å². The predicted octanol–water partition coefficient (Wildman–Crippen LogP) is 1.16. The molecule has 0 spiro atoms. The molecule has 1 aromatic heterocycles. The van der Waals surface area contributed by atoms with Crippen LogP contribution in [-0.2, 0) is 4.84 Å². The number of hydrogen-bond acceptors (Lipinski definition) is 3. The van der Waals surface area contributed by atoms with E-state index in [-0.39, 0.29) is 5.91 Å². The maximum atomic E-state index is 11.3. The van der Waals surface area contributed by atoms with Gasteiger partial charge in [-0.05, 0) is 29.8 Å². The van der Waals surface area contributed by atoms with Crippen molar-refractivity contribution in [2.45, 2.75) is 13.8 Å². The van der Waals surface area contributed by atoms with Crippen LogP contribution in [0.4, 0.5) is 0 Å². The van der Waals surface area contributed by atoms with Gasteiger partial charge in [0, 0.05) is 5.69 Å². The highest BCUT2D eigenvalue weighted by molar-refractivity contribution is 9.10. The molecule has 5 nitrogen and oxygen atoms in total. The molecule has 0 unspecified atom stereocenters. The minimum atomic E-state index is -0.363. The van der Waals surface area contributed by atoms with E-state index < -0.39 is 0 Å². The largest absolute Gasteiger partial charge is 0.296 e. The average molecular weight is 248 g/mol. The number of aromatic nitrogens is 2. The van der Waals surface area contributed by atoms with E-state index in [0.29, 0.717) is 16.8 Å². The molecule has 2 N–H and O–H groups in total. The Morgan fingerprint density at radius 3 is 2.92 bits per heavy atom. The molecule has 1 amide bonds. The molecule has 0 radical (unpaired) electrons. The normalized spacial score (nSPS) is 10.1. The van der Waals surface area contributed by atoms with Gasteiger partial charge in [-0.25, -0.2) is 5.48 Å². The van der Waals surface area contributed by atoms with Gasteiger partial charge in [-0.15, -0.1) is 0 Å². The highest BCUT2D eigenvalue weighted by Crippen LogP contribution is 2.17. The minimum absolute atomic E-state index is 0.297. The predicted molar refractivity (Wildman–Crippen MR) is 50.1 cm³/mol. The number of carbonyl (C=O) groups is 1. The Balaban J connectivity index is 2.71. The fourth-order valence-corrected chi connectivity index (χ4v) is 1.11. The quantitative estimate of drug-likeness (QED) is 0.789. The lowest BCUT2D eigenvalue weighted by atomic mass is 10.4. The van der Waals surface area contributed by atoms with Crippen molar-refractivity contribution in [2.24, 2.45) is 0 Å². The fraction of sp³-hybridized carbons (Fsp3) is 0.429. The summed E-state index contributed by atoms with van der Waals surface area (Å²) in [7, 11) is 0. The van der Waals surface area contributed by atoms with Crippen molar-refractivity contribution in [2.75, 3.05) is 6.61 Å². The monoisotopic (exact) mass is 247 g/mol. The Bertz CT molecular complexity index is 311. The van der Waals surface area contributed by atoms with Gasteiger partial charge >= 0.3 is 0 Å². The number of carbonyl (C=O) groups excluding carboxylic acids is 1. The number of hydrogen-bond donors (Lipinski definition) is 2. The summed E-state index contributed by atoms with van der Waals surface area (Å²) in [4.78, 5) is 16.0. The number of halogens is 1. The first-order valence-electron chi connectivity index (χ1n) is 3.79.